The first-order chi connectivity index (χ1) is 13.4. The molecule has 3 aromatic rings. The lowest BCUT2D eigenvalue weighted by Gasteiger charge is -2.22. The van der Waals surface area contributed by atoms with E-state index in [4.69, 9.17) is 4.74 Å². The topological polar surface area (TPSA) is 71.2 Å². The van der Waals surface area contributed by atoms with Crippen LogP contribution in [0, 0.1) is 0 Å². The minimum absolute atomic E-state index is 0.110. The molecule has 0 spiro atoms. The number of hydrogen-bond donors (Lipinski definition) is 0. The molecule has 0 bridgehead atoms. The van der Waals surface area contributed by atoms with Gasteiger partial charge in [-0.2, -0.15) is 23.0 Å². The predicted molar refractivity (Wildman–Crippen MR) is 92.2 cm³/mol. The lowest BCUT2D eigenvalue weighted by Crippen LogP contribution is -2.33. The van der Waals surface area contributed by atoms with Gasteiger partial charge in [0.15, 0.2) is 5.65 Å². The number of carbonyl (C=O) groups excluding carboxylic acids is 1. The molecule has 1 aliphatic rings. The maximum Gasteiger partial charge on any atom is 0.493 e. The highest BCUT2D eigenvalue weighted by atomic mass is 19.4. The largest absolute Gasteiger partial charge is 0.493 e. The summed E-state index contributed by atoms with van der Waals surface area (Å²) in [6.45, 7) is 1.40. The van der Waals surface area contributed by atoms with E-state index in [1.54, 1.807) is 23.0 Å². The average molecular weight is 394 g/mol. The fourth-order valence-electron chi connectivity index (χ4n) is 3.24. The average Bonchev–Trinajstić information content (AvgIpc) is 3.29. The Balaban J connectivity index is 1.59. The van der Waals surface area contributed by atoms with Crippen LogP contribution in [0.2, 0.25) is 0 Å². The van der Waals surface area contributed by atoms with Crippen LogP contribution in [0.4, 0.5) is 13.2 Å². The zero-order valence-electron chi connectivity index (χ0n) is 14.7. The molecule has 1 fully saturated rings. The van der Waals surface area contributed by atoms with E-state index in [1.807, 2.05) is 6.20 Å². The van der Waals surface area contributed by atoms with E-state index in [0.29, 0.717) is 11.9 Å². The van der Waals surface area contributed by atoms with Gasteiger partial charge in [-0.3, -0.25) is 4.68 Å². The van der Waals surface area contributed by atoms with Gasteiger partial charge in [-0.15, -0.1) is 0 Å². The Morgan fingerprint density at radius 1 is 1.32 bits per heavy atom. The Morgan fingerprint density at radius 2 is 2.18 bits per heavy atom. The summed E-state index contributed by atoms with van der Waals surface area (Å²) < 4.78 is 45.6. The van der Waals surface area contributed by atoms with Crippen molar-refractivity contribution in [3.63, 3.8) is 0 Å². The van der Waals surface area contributed by atoms with E-state index in [0.717, 1.165) is 41.7 Å². The number of halogens is 3. The number of ether oxygens (including phenoxy) is 1. The third-order valence-electron chi connectivity index (χ3n) is 4.58. The quantitative estimate of drug-likeness (QED) is 0.680. The molecule has 1 unspecified atom stereocenters. The summed E-state index contributed by atoms with van der Waals surface area (Å²) in [6.07, 6.45) is 4.44. The van der Waals surface area contributed by atoms with Gasteiger partial charge in [0.2, 0.25) is 0 Å². The van der Waals surface area contributed by atoms with Crippen LogP contribution in [0.1, 0.15) is 19.3 Å². The molecular formula is C18H17F3N4O3. The number of hydrogen-bond acceptors (Lipinski definition) is 5. The Labute approximate surface area is 157 Å². The number of pyridine rings is 1. The smallest absolute Gasteiger partial charge is 0.376 e. The zero-order chi connectivity index (χ0) is 19.7. The van der Waals surface area contributed by atoms with Crippen molar-refractivity contribution >= 4 is 17.0 Å². The van der Waals surface area contributed by atoms with Gasteiger partial charge in [0.05, 0.1) is 18.8 Å². The van der Waals surface area contributed by atoms with Gasteiger partial charge in [0.1, 0.15) is 0 Å². The van der Waals surface area contributed by atoms with Crippen LogP contribution in [-0.4, -0.2) is 44.4 Å². The van der Waals surface area contributed by atoms with E-state index in [9.17, 15) is 18.0 Å². The van der Waals surface area contributed by atoms with E-state index in [-0.39, 0.29) is 11.8 Å². The van der Waals surface area contributed by atoms with Crippen molar-refractivity contribution in [2.24, 2.45) is 0 Å². The van der Waals surface area contributed by atoms with Crippen molar-refractivity contribution in [3.8, 4) is 11.1 Å². The second kappa shape index (κ2) is 7.27. The molecule has 0 amide bonds. The van der Waals surface area contributed by atoms with Crippen molar-refractivity contribution in [1.82, 2.24) is 19.5 Å². The Hall–Kier alpha value is -2.88. The predicted octanol–water partition coefficient (Wildman–Crippen LogP) is 2.99. The summed E-state index contributed by atoms with van der Waals surface area (Å²) in [5.74, 6) is -2.31. The van der Waals surface area contributed by atoms with Crippen LogP contribution >= 0.6 is 0 Å². The molecule has 1 atom stereocenters. The SMILES string of the molecule is O=C(On1ccc2c(-c3cnn(CC4CCCCO4)c3)ccnc21)C(F)(F)F. The summed E-state index contributed by atoms with van der Waals surface area (Å²) >= 11 is 0. The summed E-state index contributed by atoms with van der Waals surface area (Å²) in [5, 5.41) is 4.90. The van der Waals surface area contributed by atoms with Crippen LogP contribution in [0.15, 0.2) is 36.9 Å². The maximum absolute atomic E-state index is 12.5. The first kappa shape index (κ1) is 18.5. The van der Waals surface area contributed by atoms with Crippen LogP contribution in [0.3, 0.4) is 0 Å². The molecule has 28 heavy (non-hydrogen) atoms. The first-order valence-corrected chi connectivity index (χ1v) is 8.82. The van der Waals surface area contributed by atoms with E-state index in [2.05, 4.69) is 14.9 Å². The van der Waals surface area contributed by atoms with Gasteiger partial charge in [-0.25, -0.2) is 9.78 Å². The molecule has 0 aliphatic carbocycles. The molecule has 4 heterocycles. The minimum atomic E-state index is -5.09. The van der Waals surface area contributed by atoms with Gasteiger partial charge < -0.3 is 9.57 Å². The molecule has 1 aliphatic heterocycles. The Morgan fingerprint density at radius 3 is 2.93 bits per heavy atom. The summed E-state index contributed by atoms with van der Waals surface area (Å²) in [7, 11) is 0. The highest BCUT2D eigenvalue weighted by Crippen LogP contribution is 2.28. The lowest BCUT2D eigenvalue weighted by molar-refractivity contribution is -0.199. The van der Waals surface area contributed by atoms with Crippen molar-refractivity contribution in [2.75, 3.05) is 6.61 Å². The van der Waals surface area contributed by atoms with Crippen LogP contribution in [0.5, 0.6) is 0 Å². The molecule has 3 aromatic heterocycles. The van der Waals surface area contributed by atoms with E-state index in [1.165, 1.54) is 12.4 Å². The third-order valence-corrected chi connectivity index (χ3v) is 4.58. The number of carbonyl (C=O) groups is 1. The van der Waals surface area contributed by atoms with Crippen LogP contribution in [0.25, 0.3) is 22.2 Å². The van der Waals surface area contributed by atoms with Crippen LogP contribution in [-0.2, 0) is 16.1 Å². The normalized spacial score (nSPS) is 17.8. The third kappa shape index (κ3) is 3.72. The lowest BCUT2D eigenvalue weighted by atomic mass is 10.1. The van der Waals surface area contributed by atoms with E-state index < -0.39 is 12.1 Å². The molecule has 7 nitrogen and oxygen atoms in total. The highest BCUT2D eigenvalue weighted by molar-refractivity contribution is 5.93. The number of rotatable bonds is 4. The van der Waals surface area contributed by atoms with Crippen molar-refractivity contribution in [1.29, 1.82) is 0 Å². The maximum atomic E-state index is 12.5. The highest BCUT2D eigenvalue weighted by Gasteiger charge is 2.42. The van der Waals surface area contributed by atoms with Gasteiger partial charge in [-0.1, -0.05) is 0 Å². The van der Waals surface area contributed by atoms with Crippen molar-refractivity contribution in [3.05, 3.63) is 36.9 Å². The Kier molecular flexibility index (Phi) is 4.80. The number of aromatic nitrogens is 4. The molecule has 4 rings (SSSR count). The first-order valence-electron chi connectivity index (χ1n) is 8.82. The number of alkyl halides is 3. The second-order valence-corrected chi connectivity index (χ2v) is 6.55. The summed E-state index contributed by atoms with van der Waals surface area (Å²) in [4.78, 5) is 19.5. The van der Waals surface area contributed by atoms with Gasteiger partial charge >= 0.3 is 12.1 Å². The molecule has 0 aromatic carbocycles. The molecular weight excluding hydrogens is 377 g/mol. The standard InChI is InChI=1S/C18H17F3N4O3/c19-18(20,21)17(26)28-25-7-5-15-14(4-6-22-16(15)25)12-9-23-24(10-12)11-13-3-1-2-8-27-13/h4-7,9-10,13H,1-3,8,11H2. The van der Waals surface area contributed by atoms with Gasteiger partial charge in [-0.05, 0) is 37.0 Å². The molecule has 1 saturated heterocycles. The molecule has 0 radical (unpaired) electrons. The minimum Gasteiger partial charge on any atom is -0.376 e. The molecule has 0 N–H and O–H groups in total. The molecule has 0 saturated carbocycles. The molecule has 148 valence electrons. The van der Waals surface area contributed by atoms with Crippen molar-refractivity contribution < 1.29 is 27.5 Å². The summed E-state index contributed by atoms with van der Waals surface area (Å²) in [5.41, 5.74) is 1.61. The van der Waals surface area contributed by atoms with Gasteiger partial charge in [0, 0.05) is 36.1 Å². The zero-order valence-corrected chi connectivity index (χ0v) is 14.7. The number of nitrogens with zero attached hydrogens (tertiary/aromatic N) is 4. The fourth-order valence-corrected chi connectivity index (χ4v) is 3.24. The van der Waals surface area contributed by atoms with Crippen LogP contribution < -0.4 is 4.84 Å². The molecule has 10 heteroatoms. The monoisotopic (exact) mass is 394 g/mol. The number of fused-ring (bicyclic) bond motifs is 1. The Bertz CT molecular complexity index is 990. The van der Waals surface area contributed by atoms with E-state index >= 15 is 0 Å². The van der Waals surface area contributed by atoms with Crippen molar-refractivity contribution in [2.45, 2.75) is 38.1 Å². The second-order valence-electron chi connectivity index (χ2n) is 6.55. The van der Waals surface area contributed by atoms with Gasteiger partial charge in [0.25, 0.3) is 0 Å². The fraction of sp³-hybridized carbons (Fsp3) is 0.389. The summed E-state index contributed by atoms with van der Waals surface area (Å²) in [6, 6.07) is 3.28.